The quantitative estimate of drug-likeness (QED) is 0.232. The van der Waals surface area contributed by atoms with Gasteiger partial charge in [-0.3, -0.25) is 33.9 Å². The normalized spacial score (nSPS) is 19.0. The minimum absolute atomic E-state index is 0.322. The highest BCUT2D eigenvalue weighted by atomic mass is 19.4. The van der Waals surface area contributed by atoms with Crippen LogP contribution >= 0.6 is 0 Å². The molecule has 1 aromatic carbocycles. The molecule has 252 valence electrons. The van der Waals surface area contributed by atoms with Gasteiger partial charge >= 0.3 is 12.3 Å². The largest absolute Gasteiger partial charge is 0.522 e. The van der Waals surface area contributed by atoms with Crippen LogP contribution in [0.3, 0.4) is 0 Å². The summed E-state index contributed by atoms with van der Waals surface area (Å²) < 4.78 is 41.3. The van der Waals surface area contributed by atoms with Gasteiger partial charge in [0.1, 0.15) is 23.6 Å². The van der Waals surface area contributed by atoms with E-state index in [1.807, 2.05) is 0 Å². The van der Waals surface area contributed by atoms with Crippen molar-refractivity contribution in [3.63, 3.8) is 0 Å². The van der Waals surface area contributed by atoms with Gasteiger partial charge in [-0.25, -0.2) is 5.43 Å². The Morgan fingerprint density at radius 3 is 2.43 bits per heavy atom. The second kappa shape index (κ2) is 15.0. The molecule has 5 atom stereocenters. The first-order chi connectivity index (χ1) is 21.4. The minimum atomic E-state index is -4.97. The lowest BCUT2D eigenvalue weighted by atomic mass is 9.90. The Morgan fingerprint density at radius 2 is 1.80 bits per heavy atom. The number of halogens is 3. The summed E-state index contributed by atoms with van der Waals surface area (Å²) in [7, 11) is 0. The van der Waals surface area contributed by atoms with E-state index in [0.29, 0.717) is 36.2 Å². The van der Waals surface area contributed by atoms with Crippen LogP contribution in [0.2, 0.25) is 0 Å². The molecule has 3 rings (SSSR count). The highest BCUT2D eigenvalue weighted by molar-refractivity contribution is 5.89. The highest BCUT2D eigenvalue weighted by Gasteiger charge is 2.38. The number of carbonyl (C=O) groups is 4. The molecule has 1 aliphatic heterocycles. The molecule has 1 saturated heterocycles. The monoisotopic (exact) mass is 651 g/mol. The lowest BCUT2D eigenvalue weighted by Crippen LogP contribution is -2.61. The van der Waals surface area contributed by atoms with Crippen molar-refractivity contribution in [2.75, 3.05) is 13.2 Å². The molecule has 12 nitrogen and oxygen atoms in total. The van der Waals surface area contributed by atoms with Gasteiger partial charge in [0.05, 0.1) is 23.9 Å². The second-order valence-electron chi connectivity index (χ2n) is 11.9. The molecule has 0 bridgehead atoms. The predicted octanol–water partition coefficient (Wildman–Crippen LogP) is 3.07. The third-order valence-corrected chi connectivity index (χ3v) is 7.61. The molecule has 46 heavy (non-hydrogen) atoms. The molecular weight excluding hydrogens is 611 g/mol. The van der Waals surface area contributed by atoms with Crippen LogP contribution in [0.5, 0.6) is 0 Å². The Balaban J connectivity index is 1.67. The van der Waals surface area contributed by atoms with Crippen LogP contribution in [0.25, 0.3) is 17.0 Å². The molecule has 0 saturated carbocycles. The topological polar surface area (TPSA) is 170 Å². The van der Waals surface area contributed by atoms with Gasteiger partial charge in [0.2, 0.25) is 11.8 Å². The minimum Gasteiger partial charge on any atom is -0.481 e. The van der Waals surface area contributed by atoms with E-state index in [1.54, 1.807) is 51.1 Å². The van der Waals surface area contributed by atoms with E-state index in [1.165, 1.54) is 18.0 Å². The van der Waals surface area contributed by atoms with Gasteiger partial charge in [-0.1, -0.05) is 44.2 Å². The number of aliphatic hydroxyl groups is 1. The number of nitrogens with zero attached hydrogens (tertiary/aromatic N) is 2. The number of pyridine rings is 1. The summed E-state index contributed by atoms with van der Waals surface area (Å²) >= 11 is 0. The Kier molecular flexibility index (Phi) is 11.9. The molecule has 5 N–H and O–H groups in total. The molecule has 0 radical (unpaired) electrons. The lowest BCUT2D eigenvalue weighted by Gasteiger charge is -2.35. The molecule has 3 amide bonds. The first-order valence-electron chi connectivity index (χ1n) is 14.8. The Labute approximate surface area is 264 Å². The van der Waals surface area contributed by atoms with Crippen LogP contribution in [0.1, 0.15) is 64.8 Å². The number of carboxylic acid groups (broad SMARTS) is 1. The number of amides is 3. The zero-order chi connectivity index (χ0) is 34.4. The number of hydrogen-bond donors (Lipinski definition) is 5. The number of rotatable bonds is 12. The van der Waals surface area contributed by atoms with Crippen molar-refractivity contribution in [1.29, 1.82) is 0 Å². The van der Waals surface area contributed by atoms with Crippen molar-refractivity contribution in [2.24, 2.45) is 11.3 Å². The molecule has 0 spiro atoms. The number of carbonyl (C=O) groups excluding carboxylic acids is 3. The van der Waals surface area contributed by atoms with Crippen molar-refractivity contribution in [1.82, 2.24) is 26.1 Å². The van der Waals surface area contributed by atoms with E-state index in [4.69, 9.17) is 0 Å². The summed E-state index contributed by atoms with van der Waals surface area (Å²) in [5.74, 6) is -3.29. The molecular formula is C31H40F3N5O7. The first kappa shape index (κ1) is 36.4. The molecule has 1 fully saturated rings. The lowest BCUT2D eigenvalue weighted by molar-refractivity contribution is -0.330. The van der Waals surface area contributed by atoms with Crippen LogP contribution in [-0.2, 0) is 23.9 Å². The van der Waals surface area contributed by atoms with E-state index >= 15 is 0 Å². The summed E-state index contributed by atoms with van der Waals surface area (Å²) in [5, 5.41) is 26.8. The van der Waals surface area contributed by atoms with E-state index in [0.717, 1.165) is 18.4 Å². The van der Waals surface area contributed by atoms with Crippen LogP contribution in [0.15, 0.2) is 36.4 Å². The van der Waals surface area contributed by atoms with E-state index < -0.39 is 60.4 Å². The number of hydrogen-bond acceptors (Lipinski definition) is 8. The molecule has 2 aromatic rings. The Morgan fingerprint density at radius 1 is 1.13 bits per heavy atom. The standard InChI is InChI=1S/C31H40F3N5O7/c1-17(2)25(40)27(42)36-19(4)28(43)39-14-6-7-23(38-39)26(41)35-18(3)22-11-10-21-9-8-20(15-24(21)37-22)12-13-30(5,29(44)45)16-46-31(32,33)34/h8-13,15,17-19,23,25,38,40H,6-7,14,16H2,1-5H3,(H,35,41)(H,36,42)(H,44,45)/b13-12+/t18-,19+,23+,25+,30-/m1/s1. The number of hydrazine groups is 1. The number of aliphatic carboxylic acids is 1. The molecule has 2 heterocycles. The van der Waals surface area contributed by atoms with Crippen LogP contribution < -0.4 is 16.1 Å². The van der Waals surface area contributed by atoms with Gasteiger partial charge in [0.25, 0.3) is 5.91 Å². The number of ether oxygens (including phenoxy) is 1. The molecule has 0 unspecified atom stereocenters. The van der Waals surface area contributed by atoms with E-state index in [2.05, 4.69) is 25.8 Å². The van der Waals surface area contributed by atoms with Crippen LogP contribution in [0, 0.1) is 11.3 Å². The molecule has 0 aliphatic carbocycles. The zero-order valence-corrected chi connectivity index (χ0v) is 26.2. The average Bonchev–Trinajstić information content (AvgIpc) is 3.00. The number of aliphatic hydroxyl groups excluding tert-OH is 1. The first-order valence-corrected chi connectivity index (χ1v) is 14.8. The SMILES string of the molecule is CC(C)[C@H](O)C(=O)N[C@@H](C)C(=O)N1CCC[C@@H](C(=O)N[C@H](C)c2ccc3ccc(/C=C/[C@](C)(COC(F)(F)F)C(=O)O)cc3n2)N1. The van der Waals surface area contributed by atoms with Gasteiger partial charge in [-0.15, -0.1) is 13.2 Å². The number of benzene rings is 1. The second-order valence-corrected chi connectivity index (χ2v) is 11.9. The maximum atomic E-state index is 13.1. The maximum Gasteiger partial charge on any atom is 0.522 e. The number of fused-ring (bicyclic) bond motifs is 1. The highest BCUT2D eigenvalue weighted by Crippen LogP contribution is 2.27. The third kappa shape index (κ3) is 9.71. The Hall–Kier alpha value is -4.08. The van der Waals surface area contributed by atoms with Crippen molar-refractivity contribution in [3.8, 4) is 0 Å². The summed E-state index contributed by atoms with van der Waals surface area (Å²) in [5.41, 5.74) is 2.50. The van der Waals surface area contributed by atoms with Crippen LogP contribution in [0.4, 0.5) is 13.2 Å². The number of alkyl halides is 3. The fraction of sp³-hybridized carbons (Fsp3) is 0.516. The predicted molar refractivity (Wildman–Crippen MR) is 161 cm³/mol. The van der Waals surface area contributed by atoms with Crippen molar-refractivity contribution in [3.05, 3.63) is 47.7 Å². The van der Waals surface area contributed by atoms with Gasteiger partial charge in [-0.2, -0.15) is 0 Å². The summed E-state index contributed by atoms with van der Waals surface area (Å²) in [4.78, 5) is 54.5. The Bertz CT molecular complexity index is 1470. The smallest absolute Gasteiger partial charge is 0.481 e. The van der Waals surface area contributed by atoms with Gasteiger partial charge < -0.3 is 20.8 Å². The van der Waals surface area contributed by atoms with Crippen LogP contribution in [-0.4, -0.2) is 81.6 Å². The number of aromatic nitrogens is 1. The van der Waals surface area contributed by atoms with Crippen molar-refractivity contribution >= 4 is 40.7 Å². The fourth-order valence-corrected chi connectivity index (χ4v) is 4.61. The van der Waals surface area contributed by atoms with Gasteiger partial charge in [0, 0.05) is 11.9 Å². The third-order valence-electron chi connectivity index (χ3n) is 7.61. The molecule has 1 aliphatic rings. The molecule has 15 heteroatoms. The zero-order valence-electron chi connectivity index (χ0n) is 26.2. The summed E-state index contributed by atoms with van der Waals surface area (Å²) in [6.45, 7) is 6.94. The van der Waals surface area contributed by atoms with E-state index in [-0.39, 0.29) is 11.8 Å². The number of carboxylic acids is 1. The fourth-order valence-electron chi connectivity index (χ4n) is 4.61. The average molecular weight is 652 g/mol. The van der Waals surface area contributed by atoms with Gasteiger partial charge in [0.15, 0.2) is 0 Å². The number of nitrogens with one attached hydrogen (secondary N) is 3. The van der Waals surface area contributed by atoms with Gasteiger partial charge in [-0.05, 0) is 57.2 Å². The molecule has 1 aromatic heterocycles. The summed E-state index contributed by atoms with van der Waals surface area (Å²) in [6.07, 6.45) is -2.72. The van der Waals surface area contributed by atoms with E-state index in [9.17, 15) is 42.6 Å². The maximum absolute atomic E-state index is 13.1. The summed E-state index contributed by atoms with van der Waals surface area (Å²) in [6, 6.07) is 6.35. The van der Waals surface area contributed by atoms with Crippen molar-refractivity contribution < 1.29 is 47.3 Å². The van der Waals surface area contributed by atoms with Crippen molar-refractivity contribution in [2.45, 2.75) is 78.1 Å².